The molecule has 0 bridgehead atoms. The van der Waals surface area contributed by atoms with E-state index in [0.29, 0.717) is 57.9 Å². The molecule has 0 radical (unpaired) electrons. The van der Waals surface area contributed by atoms with E-state index < -0.39 is 17.6 Å². The van der Waals surface area contributed by atoms with E-state index in [2.05, 4.69) is 82.2 Å². The van der Waals surface area contributed by atoms with Gasteiger partial charge in [0.15, 0.2) is 23.1 Å². The van der Waals surface area contributed by atoms with Crippen molar-refractivity contribution in [3.8, 4) is 49.4 Å². The molecule has 15 rings (SSSR count). The number of Topliss-reactive ketones (excluding diaryl/α,β-unsaturated/α-hetero) is 4. The number of methoxy groups -OCH3 is 2. The smallest absolute Gasteiger partial charge is 0.177 e. The van der Waals surface area contributed by atoms with Crippen LogP contribution < -0.4 is 0 Å². The average molecular weight is 1390 g/mol. The number of rotatable bonds is 12. The molecule has 3 atom stereocenters. The number of aryl methyl sites for hydroxylation is 1. The van der Waals surface area contributed by atoms with Crippen molar-refractivity contribution in [1.82, 2.24) is 49.3 Å². The largest absolute Gasteiger partial charge is 0.395 e. The molecule has 9 heterocycles. The summed E-state index contributed by atoms with van der Waals surface area (Å²) in [5, 5.41) is 34.5. The number of fused-ring (bicyclic) bond motifs is 4. The van der Waals surface area contributed by atoms with Crippen LogP contribution >= 0.6 is 0 Å². The Morgan fingerprint density at radius 1 is 0.563 bits per heavy atom. The molecule has 5 aromatic rings. The first-order valence-corrected chi connectivity index (χ1v) is 36.4. The van der Waals surface area contributed by atoms with Crippen LogP contribution in [0.2, 0.25) is 0 Å². The molecule has 536 valence electrons. The zero-order valence-corrected chi connectivity index (χ0v) is 60.9. The first kappa shape index (κ1) is 73.4. The van der Waals surface area contributed by atoms with E-state index in [-0.39, 0.29) is 59.8 Å². The molecule has 6 aliphatic carbocycles. The SMILES string of the molecule is C#CC1=C(N2CCC(C)(OC)CC2)c2cc(C(C)(C)CO)ncc2CC1=O.C#CC1=C(N2CCC(C)(OC)CC2)c2cc(C)ncc2CC1=O.C#CC1=C(N2CCC3(CCC3)CC2)c2cc(C(O)C3CC3)ncc2CC1=O.C#CC1=C(N2CC[C@@H](n3cccn3)C2)c2cc(C(C)O)ncc2CC1=O. The number of pyridine rings is 4. The first-order chi connectivity index (χ1) is 49.4. The highest BCUT2D eigenvalue weighted by Crippen LogP contribution is 2.51. The fourth-order valence-electron chi connectivity index (χ4n) is 15.9. The van der Waals surface area contributed by atoms with Crippen molar-refractivity contribution in [3.63, 3.8) is 0 Å². The highest BCUT2D eigenvalue weighted by atomic mass is 16.5. The van der Waals surface area contributed by atoms with Gasteiger partial charge >= 0.3 is 0 Å². The number of carbonyl (C=O) groups is 4. The highest BCUT2D eigenvalue weighted by Gasteiger charge is 2.43. The van der Waals surface area contributed by atoms with Gasteiger partial charge in [-0.1, -0.05) is 44.0 Å². The van der Waals surface area contributed by atoms with Gasteiger partial charge in [-0.3, -0.25) is 43.8 Å². The van der Waals surface area contributed by atoms with Gasteiger partial charge in [0.25, 0.3) is 0 Å². The number of ether oxygens (including phenoxy) is 2. The normalized spacial score (nSPS) is 21.5. The van der Waals surface area contributed by atoms with E-state index in [4.69, 9.17) is 35.2 Å². The number of hydrogen-bond donors (Lipinski definition) is 3. The van der Waals surface area contributed by atoms with Crippen LogP contribution in [0.4, 0.5) is 0 Å². The van der Waals surface area contributed by atoms with E-state index in [0.717, 1.165) is 176 Å². The maximum absolute atomic E-state index is 12.7. The van der Waals surface area contributed by atoms with Gasteiger partial charge in [-0.2, -0.15) is 5.10 Å². The molecule has 6 fully saturated rings. The number of nitrogens with zero attached hydrogens (tertiary/aromatic N) is 10. The van der Waals surface area contributed by atoms with Gasteiger partial charge in [0.2, 0.25) is 0 Å². The molecule has 0 aromatic carbocycles. The Labute approximate surface area is 606 Å². The molecule has 2 unspecified atom stereocenters. The molecule has 4 saturated heterocycles. The molecule has 103 heavy (non-hydrogen) atoms. The third-order valence-electron chi connectivity index (χ3n) is 23.3. The number of piperidine rings is 3. The molecular weight excluding hydrogens is 1290 g/mol. The molecule has 4 aliphatic heterocycles. The molecule has 19 nitrogen and oxygen atoms in total. The van der Waals surface area contributed by atoms with Gasteiger partial charge in [-0.25, -0.2) is 0 Å². The average Bonchev–Trinajstić information content (AvgIpc) is 0.844. The monoisotopic (exact) mass is 1390 g/mol. The summed E-state index contributed by atoms with van der Waals surface area (Å²) in [7, 11) is 3.51. The van der Waals surface area contributed by atoms with Gasteiger partial charge in [0, 0.05) is 168 Å². The molecule has 0 amide bonds. The Bertz CT molecular complexity index is 4450. The van der Waals surface area contributed by atoms with Gasteiger partial charge in [0.05, 0.1) is 92.5 Å². The lowest BCUT2D eigenvalue weighted by Gasteiger charge is -2.49. The van der Waals surface area contributed by atoms with Crippen molar-refractivity contribution in [2.75, 3.05) is 73.2 Å². The van der Waals surface area contributed by atoms with Crippen LogP contribution in [0.25, 0.3) is 22.8 Å². The second-order valence-electron chi connectivity index (χ2n) is 30.6. The van der Waals surface area contributed by atoms with Crippen molar-refractivity contribution in [3.05, 3.63) is 157 Å². The van der Waals surface area contributed by atoms with Crippen LogP contribution in [0.15, 0.2) is 89.8 Å². The number of hydrogen-bond acceptors (Lipinski definition) is 18. The minimum absolute atomic E-state index is 0.00529. The minimum Gasteiger partial charge on any atom is -0.395 e. The summed E-state index contributed by atoms with van der Waals surface area (Å²) in [5.41, 5.74) is 15.8. The zero-order valence-electron chi connectivity index (χ0n) is 60.9. The minimum atomic E-state index is -0.677. The number of likely N-dealkylation sites (tertiary alicyclic amines) is 4. The number of aromatic nitrogens is 6. The fourth-order valence-corrected chi connectivity index (χ4v) is 15.9. The van der Waals surface area contributed by atoms with Crippen LogP contribution in [0.5, 0.6) is 0 Å². The first-order valence-electron chi connectivity index (χ1n) is 36.4. The summed E-state index contributed by atoms with van der Waals surface area (Å²) in [6.45, 7) is 18.4. The third kappa shape index (κ3) is 15.1. The van der Waals surface area contributed by atoms with Crippen LogP contribution in [0, 0.1) is 67.6 Å². The number of carbonyl (C=O) groups excluding carboxylic acids is 4. The molecular formula is C84H96N10O9. The Balaban J connectivity index is 0.000000130. The van der Waals surface area contributed by atoms with Gasteiger partial charge in [-0.05, 0) is 162 Å². The summed E-state index contributed by atoms with van der Waals surface area (Å²) in [4.78, 5) is 76.8. The maximum Gasteiger partial charge on any atom is 0.177 e. The summed E-state index contributed by atoms with van der Waals surface area (Å²) in [6.07, 6.45) is 46.7. The number of ketones is 4. The summed E-state index contributed by atoms with van der Waals surface area (Å²) in [6, 6.07) is 10.0. The van der Waals surface area contributed by atoms with Crippen molar-refractivity contribution >= 4 is 45.9 Å². The van der Waals surface area contributed by atoms with Crippen LogP contribution in [-0.4, -0.2) is 172 Å². The van der Waals surface area contributed by atoms with Crippen molar-refractivity contribution in [2.24, 2.45) is 11.3 Å². The maximum atomic E-state index is 12.7. The molecule has 10 aliphatic rings. The van der Waals surface area contributed by atoms with Crippen molar-refractivity contribution in [2.45, 2.75) is 179 Å². The number of allylic oxidation sites excluding steroid dienone is 4. The lowest BCUT2D eigenvalue weighted by molar-refractivity contribution is -0.115. The van der Waals surface area contributed by atoms with E-state index in [1.807, 2.05) is 62.0 Å². The topological polar surface area (TPSA) is 230 Å². The van der Waals surface area contributed by atoms with E-state index in [9.17, 15) is 34.5 Å². The van der Waals surface area contributed by atoms with Crippen molar-refractivity contribution in [1.29, 1.82) is 0 Å². The predicted octanol–water partition coefficient (Wildman–Crippen LogP) is 9.69. The van der Waals surface area contributed by atoms with Gasteiger partial charge in [0.1, 0.15) is 0 Å². The molecule has 5 aromatic heterocycles. The van der Waals surface area contributed by atoms with Crippen LogP contribution in [0.3, 0.4) is 0 Å². The van der Waals surface area contributed by atoms with Crippen LogP contribution in [-0.2, 0) is 59.8 Å². The lowest BCUT2D eigenvalue weighted by Crippen LogP contribution is -2.44. The second kappa shape index (κ2) is 30.2. The Morgan fingerprint density at radius 2 is 0.981 bits per heavy atom. The number of aliphatic hydroxyl groups is 3. The molecule has 1 spiro atoms. The summed E-state index contributed by atoms with van der Waals surface area (Å²) < 4.78 is 13.2. The van der Waals surface area contributed by atoms with E-state index >= 15 is 0 Å². The van der Waals surface area contributed by atoms with E-state index in [1.54, 1.807) is 52.1 Å². The standard InChI is InChI=1S/C23H26N2O2.C22H28N2O3.C20H20N4O2.C19H22N2O2/c1-2-17-20(26)12-16-14-24-19(22(27)15-4-5-15)13-18(16)21(17)25-10-8-23(9-11-25)6-3-7-23;1-6-16-18(26)11-15-13-23-19(21(2,3)14-25)12-17(15)20(16)24-9-7-22(4,27-5)8-10-24;1-3-16-19(26)9-14-11-21-18(13(2)25)10-17(14)20(16)23-8-5-15(12-23)24-7-4-6-22-24;1-5-15-17(22)11-14-12-20-13(2)10-16(14)18(15)21-8-6-19(3,23-4)7-9-21/h1,13-15,22,27H,3-12H2;1,12-13,25H,7-11,14H2,2-5H3;1,4,6-7,10-11,13,15,25H,5,8-9,12H2,2H3;1,10,12H,6-9,11H2,2-4H3/t;;13?,15-;/m..1./s1. The lowest BCUT2D eigenvalue weighted by atomic mass is 9.63. The second-order valence-corrected chi connectivity index (χ2v) is 30.6. The Morgan fingerprint density at radius 3 is 1.39 bits per heavy atom. The third-order valence-corrected chi connectivity index (χ3v) is 23.3. The van der Waals surface area contributed by atoms with Gasteiger partial charge in [-0.15, -0.1) is 25.7 Å². The van der Waals surface area contributed by atoms with E-state index in [1.165, 1.54) is 32.1 Å². The van der Waals surface area contributed by atoms with Crippen LogP contribution in [0.1, 0.15) is 197 Å². The Hall–Kier alpha value is -9.31. The zero-order chi connectivity index (χ0) is 73.3. The van der Waals surface area contributed by atoms with Crippen molar-refractivity contribution < 1.29 is 44.0 Å². The fraction of sp³-hybridized carbons (Fsp3) is 0.488. The Kier molecular flexibility index (Phi) is 21.5. The molecule has 19 heteroatoms. The summed E-state index contributed by atoms with van der Waals surface area (Å²) >= 11 is 0. The number of terminal acetylenes is 4. The molecule has 2 saturated carbocycles. The van der Waals surface area contributed by atoms with Gasteiger partial charge < -0.3 is 44.4 Å². The quantitative estimate of drug-likeness (QED) is 0.0987. The highest BCUT2D eigenvalue weighted by molar-refractivity contribution is 6.12. The molecule has 3 N–H and O–H groups in total. The predicted molar refractivity (Wildman–Crippen MR) is 395 cm³/mol. The summed E-state index contributed by atoms with van der Waals surface area (Å²) in [5.74, 6) is 10.8. The number of aliphatic hydroxyl groups excluding tert-OH is 3.